The molecule has 0 saturated heterocycles. The summed E-state index contributed by atoms with van der Waals surface area (Å²) >= 11 is 5.82. The molecule has 1 unspecified atom stereocenters. The SMILES string of the molecule is CCOc1ccc(C[NH+](C)CC(=O)NCCOc2ccc(Cl)cc2)cc1. The minimum absolute atomic E-state index is 0.00754. The monoisotopic (exact) mass is 377 g/mol. The molecule has 0 heterocycles. The van der Waals surface area contributed by atoms with Gasteiger partial charge < -0.3 is 19.7 Å². The first kappa shape index (κ1) is 20.1. The largest absolute Gasteiger partial charge is 0.494 e. The lowest BCUT2D eigenvalue weighted by molar-refractivity contribution is -0.885. The van der Waals surface area contributed by atoms with Gasteiger partial charge in [0.1, 0.15) is 24.7 Å². The maximum atomic E-state index is 12.0. The number of halogens is 1. The second-order valence-electron chi connectivity index (χ2n) is 6.04. The van der Waals surface area contributed by atoms with Gasteiger partial charge in [0, 0.05) is 10.6 Å². The topological polar surface area (TPSA) is 52.0 Å². The van der Waals surface area contributed by atoms with E-state index in [1.165, 1.54) is 5.56 Å². The number of benzene rings is 2. The minimum atomic E-state index is 0.00754. The second kappa shape index (κ2) is 10.7. The molecule has 2 aromatic carbocycles. The predicted octanol–water partition coefficient (Wildman–Crippen LogP) is 1.95. The van der Waals surface area contributed by atoms with E-state index in [9.17, 15) is 4.79 Å². The lowest BCUT2D eigenvalue weighted by atomic mass is 10.2. The molecule has 0 aliphatic rings. The van der Waals surface area contributed by atoms with Crippen LogP contribution in [0.2, 0.25) is 5.02 Å². The van der Waals surface area contributed by atoms with Crippen molar-refractivity contribution in [2.75, 3.05) is 33.4 Å². The van der Waals surface area contributed by atoms with Crippen LogP contribution in [-0.4, -0.2) is 39.3 Å². The van der Waals surface area contributed by atoms with Crippen molar-refractivity contribution in [3.8, 4) is 11.5 Å². The number of carbonyl (C=O) groups excluding carboxylic acids is 1. The maximum Gasteiger partial charge on any atom is 0.275 e. The summed E-state index contributed by atoms with van der Waals surface area (Å²) in [6, 6.07) is 15.1. The molecule has 140 valence electrons. The van der Waals surface area contributed by atoms with Crippen LogP contribution in [0.5, 0.6) is 11.5 Å². The van der Waals surface area contributed by atoms with Crippen molar-refractivity contribution in [1.29, 1.82) is 0 Å². The van der Waals surface area contributed by atoms with Crippen molar-refractivity contribution in [3.63, 3.8) is 0 Å². The Kier molecular flexibility index (Phi) is 8.25. The molecule has 0 radical (unpaired) electrons. The number of likely N-dealkylation sites (N-methyl/N-ethyl adjacent to an activating group) is 1. The third kappa shape index (κ3) is 7.33. The van der Waals surface area contributed by atoms with E-state index in [4.69, 9.17) is 21.1 Å². The molecule has 1 atom stereocenters. The molecule has 0 saturated carbocycles. The third-order valence-electron chi connectivity index (χ3n) is 3.71. The van der Waals surface area contributed by atoms with Gasteiger partial charge in [0.2, 0.25) is 0 Å². The fourth-order valence-electron chi connectivity index (χ4n) is 2.51. The Morgan fingerprint density at radius 3 is 2.31 bits per heavy atom. The van der Waals surface area contributed by atoms with E-state index in [0.29, 0.717) is 31.3 Å². The molecule has 0 bridgehead atoms. The molecule has 2 aromatic rings. The molecule has 2 rings (SSSR count). The quantitative estimate of drug-likeness (QED) is 0.622. The van der Waals surface area contributed by atoms with Gasteiger partial charge in [-0.25, -0.2) is 0 Å². The van der Waals surface area contributed by atoms with Crippen molar-refractivity contribution in [2.24, 2.45) is 0 Å². The summed E-state index contributed by atoms with van der Waals surface area (Å²) < 4.78 is 11.0. The zero-order valence-electron chi connectivity index (χ0n) is 15.3. The summed E-state index contributed by atoms with van der Waals surface area (Å²) in [5.74, 6) is 1.61. The molecular formula is C20H26ClN2O3+. The molecule has 1 amide bonds. The van der Waals surface area contributed by atoms with E-state index < -0.39 is 0 Å². The number of quaternary nitrogens is 1. The Balaban J connectivity index is 1.64. The van der Waals surface area contributed by atoms with Crippen molar-refractivity contribution >= 4 is 17.5 Å². The molecule has 0 aliphatic heterocycles. The van der Waals surface area contributed by atoms with Crippen molar-refractivity contribution in [1.82, 2.24) is 5.32 Å². The fourth-order valence-corrected chi connectivity index (χ4v) is 2.63. The molecule has 0 spiro atoms. The molecule has 0 aliphatic carbocycles. The summed E-state index contributed by atoms with van der Waals surface area (Å²) in [4.78, 5) is 13.1. The summed E-state index contributed by atoms with van der Waals surface area (Å²) in [6.07, 6.45) is 0. The zero-order valence-corrected chi connectivity index (χ0v) is 16.0. The van der Waals surface area contributed by atoms with Crippen LogP contribution < -0.4 is 19.7 Å². The van der Waals surface area contributed by atoms with Gasteiger partial charge in [0.15, 0.2) is 6.54 Å². The van der Waals surface area contributed by atoms with E-state index in [-0.39, 0.29) is 5.91 Å². The Labute approximate surface area is 159 Å². The van der Waals surface area contributed by atoms with E-state index in [1.54, 1.807) is 24.3 Å². The van der Waals surface area contributed by atoms with Gasteiger partial charge in [-0.1, -0.05) is 11.6 Å². The normalized spacial score (nSPS) is 11.7. The number of hydrogen-bond acceptors (Lipinski definition) is 3. The zero-order chi connectivity index (χ0) is 18.8. The van der Waals surface area contributed by atoms with Crippen LogP contribution in [0.1, 0.15) is 12.5 Å². The Hall–Kier alpha value is -2.24. The molecule has 0 fully saturated rings. The molecule has 2 N–H and O–H groups in total. The smallest absolute Gasteiger partial charge is 0.275 e. The first-order valence-electron chi connectivity index (χ1n) is 8.75. The van der Waals surface area contributed by atoms with Gasteiger partial charge in [-0.15, -0.1) is 0 Å². The number of carbonyl (C=O) groups is 1. The van der Waals surface area contributed by atoms with Crippen molar-refractivity contribution in [2.45, 2.75) is 13.5 Å². The van der Waals surface area contributed by atoms with Crippen LogP contribution >= 0.6 is 11.6 Å². The van der Waals surface area contributed by atoms with Gasteiger partial charge in [-0.2, -0.15) is 0 Å². The highest BCUT2D eigenvalue weighted by Crippen LogP contribution is 2.15. The average Bonchev–Trinajstić information content (AvgIpc) is 2.62. The highest BCUT2D eigenvalue weighted by molar-refractivity contribution is 6.30. The lowest BCUT2D eigenvalue weighted by Gasteiger charge is -2.14. The maximum absolute atomic E-state index is 12.0. The number of rotatable bonds is 10. The van der Waals surface area contributed by atoms with Crippen LogP contribution in [-0.2, 0) is 11.3 Å². The Bertz CT molecular complexity index is 674. The van der Waals surface area contributed by atoms with Gasteiger partial charge in [0.25, 0.3) is 5.91 Å². The van der Waals surface area contributed by atoms with Crippen LogP contribution in [0.15, 0.2) is 48.5 Å². The molecule has 26 heavy (non-hydrogen) atoms. The lowest BCUT2D eigenvalue weighted by Crippen LogP contribution is -3.08. The van der Waals surface area contributed by atoms with Crippen LogP contribution in [0.4, 0.5) is 0 Å². The number of amides is 1. The number of nitrogens with one attached hydrogen (secondary N) is 2. The predicted molar refractivity (Wildman–Crippen MR) is 103 cm³/mol. The molecule has 6 heteroatoms. The molecule has 0 aromatic heterocycles. The van der Waals surface area contributed by atoms with Gasteiger partial charge in [-0.3, -0.25) is 4.79 Å². The second-order valence-corrected chi connectivity index (χ2v) is 6.48. The first-order valence-corrected chi connectivity index (χ1v) is 9.12. The van der Waals surface area contributed by atoms with Gasteiger partial charge >= 0.3 is 0 Å². The van der Waals surface area contributed by atoms with Crippen LogP contribution in [0.3, 0.4) is 0 Å². The van der Waals surface area contributed by atoms with E-state index in [0.717, 1.165) is 22.9 Å². The van der Waals surface area contributed by atoms with E-state index >= 15 is 0 Å². The minimum Gasteiger partial charge on any atom is -0.494 e. The van der Waals surface area contributed by atoms with Gasteiger partial charge in [0.05, 0.1) is 20.2 Å². The Morgan fingerprint density at radius 1 is 1.04 bits per heavy atom. The average molecular weight is 378 g/mol. The van der Waals surface area contributed by atoms with E-state index in [2.05, 4.69) is 5.32 Å². The third-order valence-corrected chi connectivity index (χ3v) is 3.96. The highest BCUT2D eigenvalue weighted by atomic mass is 35.5. The standard InChI is InChI=1S/C20H25ClN2O3/c1-3-25-18-8-4-16(5-9-18)14-23(2)15-20(24)22-12-13-26-19-10-6-17(21)7-11-19/h4-11H,3,12-15H2,1-2H3,(H,22,24)/p+1. The molecular weight excluding hydrogens is 352 g/mol. The van der Waals surface area contributed by atoms with Crippen LogP contribution in [0.25, 0.3) is 0 Å². The Morgan fingerprint density at radius 2 is 1.65 bits per heavy atom. The first-order chi connectivity index (χ1) is 12.6. The highest BCUT2D eigenvalue weighted by Gasteiger charge is 2.10. The summed E-state index contributed by atoms with van der Waals surface area (Å²) in [5.41, 5.74) is 1.17. The number of hydrogen-bond donors (Lipinski definition) is 2. The van der Waals surface area contributed by atoms with Crippen molar-refractivity contribution < 1.29 is 19.2 Å². The van der Waals surface area contributed by atoms with E-state index in [1.807, 2.05) is 38.2 Å². The van der Waals surface area contributed by atoms with Crippen LogP contribution in [0, 0.1) is 0 Å². The van der Waals surface area contributed by atoms with Gasteiger partial charge in [-0.05, 0) is 55.5 Å². The summed E-state index contributed by atoms with van der Waals surface area (Å²) in [5, 5.41) is 3.55. The van der Waals surface area contributed by atoms with Crippen molar-refractivity contribution in [3.05, 3.63) is 59.1 Å². The fraction of sp³-hybridized carbons (Fsp3) is 0.350. The molecule has 5 nitrogen and oxygen atoms in total. The summed E-state index contributed by atoms with van der Waals surface area (Å²) in [6.45, 7) is 4.70. The number of ether oxygens (including phenoxy) is 2. The summed E-state index contributed by atoms with van der Waals surface area (Å²) in [7, 11) is 2.00.